The Labute approximate surface area is 136 Å². The Morgan fingerprint density at radius 1 is 1.09 bits per heavy atom. The van der Waals surface area contributed by atoms with Crippen LogP contribution in [0, 0.1) is 0 Å². The summed E-state index contributed by atoms with van der Waals surface area (Å²) in [6.07, 6.45) is 2.22. The van der Waals surface area contributed by atoms with Crippen molar-refractivity contribution >= 4 is 18.4 Å². The lowest BCUT2D eigenvalue weighted by atomic mass is 10.00. The van der Waals surface area contributed by atoms with Crippen LogP contribution in [0.2, 0.25) is 0 Å². The maximum absolute atomic E-state index is 10.8. The first-order chi connectivity index (χ1) is 10.1. The fourth-order valence-electron chi connectivity index (χ4n) is 2.19. The van der Waals surface area contributed by atoms with Gasteiger partial charge in [0, 0.05) is 11.6 Å². The van der Waals surface area contributed by atoms with Crippen molar-refractivity contribution in [3.05, 3.63) is 71.8 Å². The maximum atomic E-state index is 10.8. The van der Waals surface area contributed by atoms with Crippen LogP contribution in [0.1, 0.15) is 12.5 Å². The van der Waals surface area contributed by atoms with E-state index in [0.717, 1.165) is 11.1 Å². The minimum atomic E-state index is -0.926. The van der Waals surface area contributed by atoms with E-state index < -0.39 is 5.97 Å². The van der Waals surface area contributed by atoms with Gasteiger partial charge in [-0.3, -0.25) is 0 Å². The van der Waals surface area contributed by atoms with E-state index in [9.17, 15) is 4.79 Å². The molecule has 3 nitrogen and oxygen atoms in total. The van der Waals surface area contributed by atoms with E-state index in [1.54, 1.807) is 13.0 Å². The molecular weight excluding hydrogens is 298 g/mol. The maximum Gasteiger partial charge on any atom is 0.331 e. The molecule has 4 heteroatoms. The molecule has 0 spiro atoms. The predicted octanol–water partition coefficient (Wildman–Crippen LogP) is 3.68. The summed E-state index contributed by atoms with van der Waals surface area (Å²) in [5, 5.41) is 8.84. The molecule has 0 aliphatic rings. The molecule has 3 N–H and O–H groups in total. The van der Waals surface area contributed by atoms with Crippen molar-refractivity contribution in [1.29, 1.82) is 0 Å². The molecule has 2 aromatic carbocycles. The summed E-state index contributed by atoms with van der Waals surface area (Å²) in [5.74, 6) is -0.926. The first-order valence-corrected chi connectivity index (χ1v) is 6.88. The van der Waals surface area contributed by atoms with Crippen LogP contribution in [0.15, 0.2) is 66.2 Å². The van der Waals surface area contributed by atoms with Gasteiger partial charge in [0.05, 0.1) is 0 Å². The first kappa shape index (κ1) is 18.0. The van der Waals surface area contributed by atoms with Gasteiger partial charge in [-0.1, -0.05) is 60.7 Å². The number of carbonyl (C=O) groups is 1. The number of rotatable bonds is 5. The number of benzene rings is 2. The molecule has 0 fully saturated rings. The highest BCUT2D eigenvalue weighted by molar-refractivity contribution is 5.86. The van der Waals surface area contributed by atoms with Gasteiger partial charge >= 0.3 is 5.97 Å². The molecule has 0 amide bonds. The zero-order valence-corrected chi connectivity index (χ0v) is 13.2. The fourth-order valence-corrected chi connectivity index (χ4v) is 2.19. The van der Waals surface area contributed by atoms with Crippen molar-refractivity contribution in [1.82, 2.24) is 0 Å². The Morgan fingerprint density at radius 3 is 2.18 bits per heavy atom. The van der Waals surface area contributed by atoms with Gasteiger partial charge in [0.1, 0.15) is 0 Å². The minimum absolute atomic E-state index is 0. The van der Waals surface area contributed by atoms with Crippen LogP contribution in [0.25, 0.3) is 11.1 Å². The van der Waals surface area contributed by atoms with Gasteiger partial charge in [-0.25, -0.2) is 4.79 Å². The summed E-state index contributed by atoms with van der Waals surface area (Å²) < 4.78 is 0. The van der Waals surface area contributed by atoms with Crippen LogP contribution >= 0.6 is 12.4 Å². The topological polar surface area (TPSA) is 63.3 Å². The average molecular weight is 318 g/mol. The first-order valence-electron chi connectivity index (χ1n) is 6.88. The second-order valence-corrected chi connectivity index (χ2v) is 5.09. The van der Waals surface area contributed by atoms with E-state index in [2.05, 4.69) is 24.3 Å². The van der Waals surface area contributed by atoms with Gasteiger partial charge in [0.2, 0.25) is 0 Å². The standard InChI is InChI=1S/C18H19NO2.ClH/c1-13(18(20)21)11-17(19)12-14-7-9-16(10-8-14)15-5-3-2-4-6-15;/h2-11,17H,12,19H2,1H3,(H,20,21);1H/b13-11-;/t17-;/m0./s1. The molecule has 0 aliphatic heterocycles. The highest BCUT2D eigenvalue weighted by Crippen LogP contribution is 2.19. The Morgan fingerprint density at radius 2 is 1.64 bits per heavy atom. The fraction of sp³-hybridized carbons (Fsp3) is 0.167. The zero-order valence-electron chi connectivity index (χ0n) is 12.4. The molecule has 0 radical (unpaired) electrons. The summed E-state index contributed by atoms with van der Waals surface area (Å²) in [6, 6.07) is 18.1. The van der Waals surface area contributed by atoms with Crippen LogP contribution in [0.4, 0.5) is 0 Å². The van der Waals surface area contributed by atoms with Crippen LogP contribution in [-0.2, 0) is 11.2 Å². The smallest absolute Gasteiger partial charge is 0.331 e. The van der Waals surface area contributed by atoms with Crippen molar-refractivity contribution in [3.63, 3.8) is 0 Å². The van der Waals surface area contributed by atoms with Crippen LogP contribution in [0.3, 0.4) is 0 Å². The summed E-state index contributed by atoms with van der Waals surface area (Å²) in [4.78, 5) is 10.8. The molecule has 2 rings (SSSR count). The normalized spacial score (nSPS) is 12.4. The SMILES string of the molecule is C/C(=C/[C@H](N)Cc1ccc(-c2ccccc2)cc1)C(=O)O.Cl. The lowest BCUT2D eigenvalue weighted by Gasteiger charge is -2.09. The third kappa shape index (κ3) is 5.02. The average Bonchev–Trinajstić information content (AvgIpc) is 2.48. The second kappa shape index (κ2) is 8.37. The molecule has 0 heterocycles. The molecule has 0 bridgehead atoms. The zero-order chi connectivity index (χ0) is 15.2. The highest BCUT2D eigenvalue weighted by atomic mass is 35.5. The van der Waals surface area contributed by atoms with Crippen molar-refractivity contribution < 1.29 is 9.90 Å². The molecular formula is C18H20ClNO2. The lowest BCUT2D eigenvalue weighted by molar-refractivity contribution is -0.132. The van der Waals surface area contributed by atoms with Crippen molar-refractivity contribution in [2.45, 2.75) is 19.4 Å². The van der Waals surface area contributed by atoms with Crippen molar-refractivity contribution in [2.24, 2.45) is 5.73 Å². The van der Waals surface area contributed by atoms with Crippen LogP contribution < -0.4 is 5.73 Å². The third-order valence-electron chi connectivity index (χ3n) is 3.33. The third-order valence-corrected chi connectivity index (χ3v) is 3.33. The van der Waals surface area contributed by atoms with E-state index in [1.807, 2.05) is 30.3 Å². The van der Waals surface area contributed by atoms with E-state index in [1.165, 1.54) is 5.56 Å². The van der Waals surface area contributed by atoms with Gasteiger partial charge in [-0.05, 0) is 30.0 Å². The Bertz CT molecular complexity index is 636. The van der Waals surface area contributed by atoms with E-state index >= 15 is 0 Å². The quantitative estimate of drug-likeness (QED) is 0.827. The molecule has 22 heavy (non-hydrogen) atoms. The van der Waals surface area contributed by atoms with Crippen molar-refractivity contribution in [2.75, 3.05) is 0 Å². The van der Waals surface area contributed by atoms with Crippen LogP contribution in [0.5, 0.6) is 0 Å². The van der Waals surface area contributed by atoms with Gasteiger partial charge in [-0.15, -0.1) is 12.4 Å². The summed E-state index contributed by atoms with van der Waals surface area (Å²) in [6.45, 7) is 1.56. The number of hydrogen-bond donors (Lipinski definition) is 2. The molecule has 116 valence electrons. The largest absolute Gasteiger partial charge is 0.478 e. The number of carboxylic acids is 1. The van der Waals surface area contributed by atoms with Gasteiger partial charge in [-0.2, -0.15) is 0 Å². The molecule has 0 saturated heterocycles. The Kier molecular flexibility index (Phi) is 6.83. The molecule has 0 aliphatic carbocycles. The molecule has 0 unspecified atom stereocenters. The minimum Gasteiger partial charge on any atom is -0.478 e. The summed E-state index contributed by atoms with van der Waals surface area (Å²) in [7, 11) is 0. The monoisotopic (exact) mass is 317 g/mol. The highest BCUT2D eigenvalue weighted by Gasteiger charge is 2.06. The number of carboxylic acid groups (broad SMARTS) is 1. The molecule has 2 aromatic rings. The molecule has 0 saturated carbocycles. The number of nitrogens with two attached hydrogens (primary N) is 1. The Balaban J connectivity index is 0.00000242. The van der Waals surface area contributed by atoms with Gasteiger partial charge in [0.25, 0.3) is 0 Å². The number of halogens is 1. The Hall–Kier alpha value is -2.10. The molecule has 0 aromatic heterocycles. The van der Waals surface area contributed by atoms with E-state index in [-0.39, 0.29) is 24.0 Å². The lowest BCUT2D eigenvalue weighted by Crippen LogP contribution is -2.21. The second-order valence-electron chi connectivity index (χ2n) is 5.09. The van der Waals surface area contributed by atoms with E-state index in [4.69, 9.17) is 10.8 Å². The van der Waals surface area contributed by atoms with Crippen molar-refractivity contribution in [3.8, 4) is 11.1 Å². The van der Waals surface area contributed by atoms with Gasteiger partial charge < -0.3 is 10.8 Å². The van der Waals surface area contributed by atoms with E-state index in [0.29, 0.717) is 6.42 Å². The summed E-state index contributed by atoms with van der Waals surface area (Å²) in [5.41, 5.74) is 9.66. The van der Waals surface area contributed by atoms with Gasteiger partial charge in [0.15, 0.2) is 0 Å². The summed E-state index contributed by atoms with van der Waals surface area (Å²) >= 11 is 0. The molecule has 1 atom stereocenters. The number of hydrogen-bond acceptors (Lipinski definition) is 2. The van der Waals surface area contributed by atoms with Crippen LogP contribution in [-0.4, -0.2) is 17.1 Å². The number of aliphatic carboxylic acids is 1. The predicted molar refractivity (Wildman–Crippen MR) is 92.2 cm³/mol.